The Morgan fingerprint density at radius 3 is 2.04 bits per heavy atom. The van der Waals surface area contributed by atoms with E-state index >= 15 is 0 Å². The second kappa shape index (κ2) is 8.90. The summed E-state index contributed by atoms with van der Waals surface area (Å²) in [6, 6.07) is 0. The molecular weight excluding hydrogens is 340 g/mol. The van der Waals surface area contributed by atoms with Crippen molar-refractivity contribution in [1.29, 1.82) is 0 Å². The first-order valence-corrected chi connectivity index (χ1v) is 9.62. The molecule has 0 N–H and O–H groups in total. The zero-order valence-corrected chi connectivity index (χ0v) is 18.5. The van der Waals surface area contributed by atoms with Crippen LogP contribution in [0.25, 0.3) is 0 Å². The van der Waals surface area contributed by atoms with Crippen LogP contribution in [0.2, 0.25) is 0 Å². The number of methoxy groups -OCH3 is 1. The first-order valence-electron chi connectivity index (χ1n) is 9.62. The maximum absolute atomic E-state index is 12.8. The minimum absolute atomic E-state index is 0.0516. The number of Topliss-reactive ketones (excluding diaryl/α,β-unsaturated/α-hetero) is 1. The SMILES string of the molecule is COC(=O)[C@@]1(C)C[C@@H](CC=C(C)C)C(C)(C)C(C(C)=O)=C1OCC=C(C)C. The van der Waals surface area contributed by atoms with E-state index < -0.39 is 10.8 Å². The third-order valence-corrected chi connectivity index (χ3v) is 5.57. The molecule has 0 amide bonds. The maximum Gasteiger partial charge on any atom is 0.319 e. The maximum atomic E-state index is 12.8. The highest BCUT2D eigenvalue weighted by molar-refractivity contribution is 5.97. The van der Waals surface area contributed by atoms with Crippen molar-refractivity contribution in [2.45, 2.75) is 68.2 Å². The van der Waals surface area contributed by atoms with Gasteiger partial charge in [-0.15, -0.1) is 0 Å². The van der Waals surface area contributed by atoms with E-state index in [1.54, 1.807) is 6.92 Å². The molecule has 0 heterocycles. The van der Waals surface area contributed by atoms with Gasteiger partial charge in [0.2, 0.25) is 0 Å². The van der Waals surface area contributed by atoms with Gasteiger partial charge in [-0.3, -0.25) is 9.59 Å². The fourth-order valence-corrected chi connectivity index (χ4v) is 3.91. The molecule has 0 fully saturated rings. The van der Waals surface area contributed by atoms with E-state index in [1.165, 1.54) is 12.7 Å². The lowest BCUT2D eigenvalue weighted by Gasteiger charge is -2.47. The normalized spacial score (nSPS) is 24.1. The van der Waals surface area contributed by atoms with Crippen LogP contribution in [0.15, 0.2) is 34.6 Å². The molecule has 1 aliphatic carbocycles. The second-order valence-electron chi connectivity index (χ2n) is 8.82. The molecule has 4 heteroatoms. The molecule has 0 aromatic carbocycles. The highest BCUT2D eigenvalue weighted by atomic mass is 16.5. The minimum Gasteiger partial charge on any atom is -0.492 e. The molecule has 1 aliphatic rings. The predicted molar refractivity (Wildman–Crippen MR) is 109 cm³/mol. The molecule has 0 radical (unpaired) electrons. The fourth-order valence-electron chi connectivity index (χ4n) is 3.91. The number of esters is 1. The van der Waals surface area contributed by atoms with Crippen molar-refractivity contribution >= 4 is 11.8 Å². The van der Waals surface area contributed by atoms with E-state index in [-0.39, 0.29) is 17.7 Å². The van der Waals surface area contributed by atoms with Crippen LogP contribution >= 0.6 is 0 Å². The summed E-state index contributed by atoms with van der Waals surface area (Å²) in [4.78, 5) is 25.5. The molecule has 27 heavy (non-hydrogen) atoms. The Bertz CT molecular complexity index is 670. The van der Waals surface area contributed by atoms with Crippen molar-refractivity contribution in [1.82, 2.24) is 0 Å². The Balaban J connectivity index is 3.60. The molecule has 0 spiro atoms. The summed E-state index contributed by atoms with van der Waals surface area (Å²) >= 11 is 0. The third kappa shape index (κ3) is 5.12. The predicted octanol–water partition coefficient (Wildman–Crippen LogP) is 5.39. The van der Waals surface area contributed by atoms with Gasteiger partial charge in [0.05, 0.1) is 7.11 Å². The lowest BCUT2D eigenvalue weighted by molar-refractivity contribution is -0.154. The van der Waals surface area contributed by atoms with Crippen molar-refractivity contribution in [3.8, 4) is 0 Å². The van der Waals surface area contributed by atoms with Crippen molar-refractivity contribution in [3.05, 3.63) is 34.6 Å². The molecule has 0 aromatic heterocycles. The quantitative estimate of drug-likeness (QED) is 0.441. The van der Waals surface area contributed by atoms with Gasteiger partial charge in [0.15, 0.2) is 5.78 Å². The van der Waals surface area contributed by atoms with Gasteiger partial charge in [-0.05, 0) is 71.8 Å². The number of rotatable bonds is 7. The summed E-state index contributed by atoms with van der Waals surface area (Å²) in [7, 11) is 1.39. The fraction of sp³-hybridized carbons (Fsp3) is 0.652. The Morgan fingerprint density at radius 1 is 1.04 bits per heavy atom. The largest absolute Gasteiger partial charge is 0.492 e. The van der Waals surface area contributed by atoms with Crippen LogP contribution < -0.4 is 0 Å². The molecule has 2 atom stereocenters. The number of ether oxygens (including phenoxy) is 2. The van der Waals surface area contributed by atoms with Crippen LogP contribution in [0.4, 0.5) is 0 Å². The van der Waals surface area contributed by atoms with Gasteiger partial charge in [0.1, 0.15) is 17.8 Å². The second-order valence-corrected chi connectivity index (χ2v) is 8.82. The van der Waals surface area contributed by atoms with Crippen LogP contribution in [0.5, 0.6) is 0 Å². The van der Waals surface area contributed by atoms with Gasteiger partial charge in [-0.2, -0.15) is 0 Å². The van der Waals surface area contributed by atoms with Crippen LogP contribution in [-0.2, 0) is 19.1 Å². The van der Waals surface area contributed by atoms with E-state index in [9.17, 15) is 9.59 Å². The van der Waals surface area contributed by atoms with E-state index in [2.05, 4.69) is 33.8 Å². The number of hydrogen-bond acceptors (Lipinski definition) is 4. The lowest BCUT2D eigenvalue weighted by Crippen LogP contribution is -2.46. The molecule has 0 aliphatic heterocycles. The summed E-state index contributed by atoms with van der Waals surface area (Å²) in [5, 5.41) is 0. The third-order valence-electron chi connectivity index (χ3n) is 5.57. The first kappa shape index (κ1) is 23.2. The number of carbonyl (C=O) groups excluding carboxylic acids is 2. The zero-order chi connectivity index (χ0) is 21.0. The van der Waals surface area contributed by atoms with Crippen LogP contribution in [0.1, 0.15) is 68.2 Å². The average molecular weight is 377 g/mol. The summed E-state index contributed by atoms with van der Waals surface area (Å²) in [5.74, 6) is 0.194. The smallest absolute Gasteiger partial charge is 0.319 e. The van der Waals surface area contributed by atoms with Gasteiger partial charge in [0.25, 0.3) is 0 Å². The molecule has 152 valence electrons. The highest BCUT2D eigenvalue weighted by Crippen LogP contribution is 2.54. The highest BCUT2D eigenvalue weighted by Gasteiger charge is 2.54. The molecule has 0 aromatic rings. The number of ketones is 1. The molecular formula is C23H36O4. The van der Waals surface area contributed by atoms with E-state index in [0.717, 1.165) is 12.0 Å². The van der Waals surface area contributed by atoms with Crippen molar-refractivity contribution in [2.75, 3.05) is 13.7 Å². The van der Waals surface area contributed by atoms with Crippen molar-refractivity contribution < 1.29 is 19.1 Å². The average Bonchev–Trinajstić information content (AvgIpc) is 2.54. The van der Waals surface area contributed by atoms with E-state index in [0.29, 0.717) is 24.4 Å². The number of allylic oxidation sites excluding steroid dienone is 4. The van der Waals surface area contributed by atoms with Crippen LogP contribution in [0.3, 0.4) is 0 Å². The van der Waals surface area contributed by atoms with Gasteiger partial charge in [-0.1, -0.05) is 31.1 Å². The summed E-state index contributed by atoms with van der Waals surface area (Å²) in [6.45, 7) is 16.0. The van der Waals surface area contributed by atoms with Gasteiger partial charge in [0, 0.05) is 5.57 Å². The Hall–Kier alpha value is -1.84. The van der Waals surface area contributed by atoms with E-state index in [1.807, 2.05) is 26.8 Å². The van der Waals surface area contributed by atoms with Gasteiger partial charge >= 0.3 is 5.97 Å². The standard InChI is InChI=1S/C23H36O4/c1-15(2)10-11-18-14-23(8,21(25)26-9)20(27-13-12-16(3)4)19(17(5)24)22(18,6)7/h10,12,18H,11,13-14H2,1-9H3/t18-,23+/m1/s1. The number of carbonyl (C=O) groups is 2. The van der Waals surface area contributed by atoms with Crippen molar-refractivity contribution in [3.63, 3.8) is 0 Å². The zero-order valence-electron chi connectivity index (χ0n) is 18.5. The topological polar surface area (TPSA) is 52.6 Å². The number of hydrogen-bond donors (Lipinski definition) is 0. The summed E-state index contributed by atoms with van der Waals surface area (Å²) in [5.41, 5.74) is 1.59. The summed E-state index contributed by atoms with van der Waals surface area (Å²) in [6.07, 6.45) is 5.51. The van der Waals surface area contributed by atoms with Gasteiger partial charge in [-0.25, -0.2) is 0 Å². The van der Waals surface area contributed by atoms with E-state index in [4.69, 9.17) is 9.47 Å². The molecule has 1 rings (SSSR count). The Kier molecular flexibility index (Phi) is 7.65. The molecule has 0 saturated carbocycles. The molecule has 0 saturated heterocycles. The van der Waals surface area contributed by atoms with Gasteiger partial charge < -0.3 is 9.47 Å². The van der Waals surface area contributed by atoms with Crippen LogP contribution in [-0.4, -0.2) is 25.5 Å². The molecule has 0 unspecified atom stereocenters. The molecule has 4 nitrogen and oxygen atoms in total. The summed E-state index contributed by atoms with van der Waals surface area (Å²) < 4.78 is 11.2. The minimum atomic E-state index is -0.971. The Morgan fingerprint density at radius 2 is 1.59 bits per heavy atom. The Labute approximate surface area is 164 Å². The monoisotopic (exact) mass is 376 g/mol. The lowest BCUT2D eigenvalue weighted by atomic mass is 9.58. The molecule has 0 bridgehead atoms. The van der Waals surface area contributed by atoms with Crippen molar-refractivity contribution in [2.24, 2.45) is 16.7 Å². The first-order chi connectivity index (χ1) is 12.4. The van der Waals surface area contributed by atoms with Crippen LogP contribution in [0, 0.1) is 16.7 Å².